The topological polar surface area (TPSA) is 92.1 Å². The molecule has 0 aliphatic rings. The van der Waals surface area contributed by atoms with Crippen LogP contribution in [-0.2, 0) is 14.3 Å². The molecule has 12 heavy (non-hydrogen) atoms. The molecule has 0 radical (unpaired) electrons. The van der Waals surface area contributed by atoms with Crippen molar-refractivity contribution in [1.82, 2.24) is 0 Å². The van der Waals surface area contributed by atoms with Crippen molar-refractivity contribution < 1.29 is 14.3 Å². The number of rotatable bonds is 2. The van der Waals surface area contributed by atoms with Crippen LogP contribution in [0.2, 0.25) is 0 Å². The predicted molar refractivity (Wildman–Crippen MR) is 40.0 cm³/mol. The Hall–Kier alpha value is -1.55. The second kappa shape index (κ2) is 3.73. The SMILES string of the molecule is COC(=O)C(C)(C)C(=O)N=[N+]=[N-]. The largest absolute Gasteiger partial charge is 0.468 e. The highest BCUT2D eigenvalue weighted by Gasteiger charge is 2.36. The van der Waals surface area contributed by atoms with Gasteiger partial charge in [0.25, 0.3) is 0 Å². The highest BCUT2D eigenvalue weighted by Crippen LogP contribution is 2.18. The van der Waals surface area contributed by atoms with E-state index in [1.807, 2.05) is 0 Å². The Kier molecular flexibility index (Phi) is 3.25. The Morgan fingerprint density at radius 1 is 1.50 bits per heavy atom. The van der Waals surface area contributed by atoms with E-state index in [9.17, 15) is 9.59 Å². The van der Waals surface area contributed by atoms with Gasteiger partial charge in [0.2, 0.25) is 5.91 Å². The lowest BCUT2D eigenvalue weighted by Crippen LogP contribution is -2.33. The summed E-state index contributed by atoms with van der Waals surface area (Å²) in [5.41, 5.74) is 6.54. The van der Waals surface area contributed by atoms with Crippen molar-refractivity contribution >= 4 is 11.9 Å². The van der Waals surface area contributed by atoms with Crippen molar-refractivity contribution in [3.05, 3.63) is 10.4 Å². The Morgan fingerprint density at radius 2 is 2.00 bits per heavy atom. The van der Waals surface area contributed by atoms with E-state index in [1.165, 1.54) is 13.8 Å². The van der Waals surface area contributed by atoms with E-state index in [2.05, 4.69) is 14.8 Å². The summed E-state index contributed by atoms with van der Waals surface area (Å²) in [4.78, 5) is 24.2. The summed E-state index contributed by atoms with van der Waals surface area (Å²) in [7, 11) is 1.16. The number of nitrogens with zero attached hydrogens (tertiary/aromatic N) is 3. The highest BCUT2D eigenvalue weighted by molar-refractivity contribution is 6.02. The molecule has 0 unspecified atom stereocenters. The maximum atomic E-state index is 10.9. The highest BCUT2D eigenvalue weighted by atomic mass is 16.5. The summed E-state index contributed by atoms with van der Waals surface area (Å²) in [6.07, 6.45) is 0. The first-order valence-electron chi connectivity index (χ1n) is 3.14. The first kappa shape index (κ1) is 10.4. The lowest BCUT2D eigenvalue weighted by atomic mass is 9.93. The molecule has 0 saturated heterocycles. The van der Waals surface area contributed by atoms with Gasteiger partial charge < -0.3 is 4.74 Å². The second-order valence-electron chi connectivity index (χ2n) is 2.61. The summed E-state index contributed by atoms with van der Waals surface area (Å²) >= 11 is 0. The Bertz CT molecular complexity index is 253. The molecule has 0 fully saturated rings. The van der Waals surface area contributed by atoms with Crippen LogP contribution in [0.1, 0.15) is 13.8 Å². The summed E-state index contributed by atoms with van der Waals surface area (Å²) in [6, 6.07) is 0. The van der Waals surface area contributed by atoms with Gasteiger partial charge in [0.1, 0.15) is 5.41 Å². The zero-order chi connectivity index (χ0) is 9.78. The van der Waals surface area contributed by atoms with E-state index >= 15 is 0 Å². The third-order valence-electron chi connectivity index (χ3n) is 1.37. The minimum atomic E-state index is -1.40. The lowest BCUT2D eigenvalue weighted by Gasteiger charge is -2.16. The average molecular weight is 171 g/mol. The number of amides is 1. The molecule has 0 bridgehead atoms. The van der Waals surface area contributed by atoms with Gasteiger partial charge in [-0.25, -0.2) is 0 Å². The van der Waals surface area contributed by atoms with Crippen molar-refractivity contribution in [1.29, 1.82) is 0 Å². The van der Waals surface area contributed by atoms with Crippen molar-refractivity contribution in [2.24, 2.45) is 10.5 Å². The molecular weight excluding hydrogens is 162 g/mol. The molecule has 0 N–H and O–H groups in total. The van der Waals surface area contributed by atoms with Gasteiger partial charge in [-0.1, -0.05) is 0 Å². The zero-order valence-electron chi connectivity index (χ0n) is 7.07. The van der Waals surface area contributed by atoms with Gasteiger partial charge in [-0.3, -0.25) is 9.59 Å². The molecule has 0 atom stereocenters. The molecule has 1 amide bonds. The van der Waals surface area contributed by atoms with E-state index in [-0.39, 0.29) is 0 Å². The fraction of sp³-hybridized carbons (Fsp3) is 0.667. The molecular formula is C6H9N3O3. The fourth-order valence-corrected chi connectivity index (χ4v) is 0.508. The molecule has 0 heterocycles. The van der Waals surface area contributed by atoms with Crippen LogP contribution in [-0.4, -0.2) is 19.0 Å². The lowest BCUT2D eigenvalue weighted by molar-refractivity contribution is -0.155. The van der Waals surface area contributed by atoms with E-state index in [0.717, 1.165) is 7.11 Å². The number of methoxy groups -OCH3 is 1. The Balaban J connectivity index is 4.71. The van der Waals surface area contributed by atoms with Gasteiger partial charge >= 0.3 is 5.97 Å². The monoisotopic (exact) mass is 171 g/mol. The van der Waals surface area contributed by atoms with Crippen LogP contribution in [0.4, 0.5) is 0 Å². The van der Waals surface area contributed by atoms with Gasteiger partial charge in [-0.05, 0) is 24.5 Å². The maximum Gasteiger partial charge on any atom is 0.318 e. The number of carbonyl (C=O) groups excluding carboxylic acids is 2. The van der Waals surface area contributed by atoms with Crippen LogP contribution in [0.15, 0.2) is 5.11 Å². The van der Waals surface area contributed by atoms with E-state index in [1.54, 1.807) is 0 Å². The number of hydrogen-bond acceptors (Lipinski definition) is 3. The molecule has 0 aliphatic heterocycles. The van der Waals surface area contributed by atoms with Crippen LogP contribution in [0.5, 0.6) is 0 Å². The summed E-state index contributed by atoms with van der Waals surface area (Å²) in [5.74, 6) is -1.57. The minimum absolute atomic E-state index is 0.722. The van der Waals surface area contributed by atoms with Gasteiger partial charge in [0, 0.05) is 4.91 Å². The first-order valence-corrected chi connectivity index (χ1v) is 3.14. The quantitative estimate of drug-likeness (QED) is 0.204. The predicted octanol–water partition coefficient (Wildman–Crippen LogP) is 1.02. The number of esters is 1. The molecule has 6 heteroatoms. The molecule has 0 spiro atoms. The third kappa shape index (κ3) is 1.96. The van der Waals surface area contributed by atoms with E-state index in [0.29, 0.717) is 0 Å². The number of carbonyl (C=O) groups is 2. The second-order valence-corrected chi connectivity index (χ2v) is 2.61. The standard InChI is InChI=1S/C6H9N3O3/c1-6(2,5(11)12-3)4(10)8-9-7/h1-3H3. The molecule has 0 aliphatic carbocycles. The maximum absolute atomic E-state index is 10.9. The van der Waals surface area contributed by atoms with Crippen LogP contribution in [0, 0.1) is 5.41 Å². The van der Waals surface area contributed by atoms with Crippen LogP contribution < -0.4 is 0 Å². The van der Waals surface area contributed by atoms with Crippen molar-refractivity contribution in [3.63, 3.8) is 0 Å². The van der Waals surface area contributed by atoms with Gasteiger partial charge in [-0.2, -0.15) is 0 Å². The Labute approximate surface area is 69.1 Å². The number of azide groups is 1. The van der Waals surface area contributed by atoms with Gasteiger partial charge in [0.05, 0.1) is 7.11 Å². The molecule has 66 valence electrons. The first-order chi connectivity index (χ1) is 5.46. The van der Waals surface area contributed by atoms with Crippen molar-refractivity contribution in [2.45, 2.75) is 13.8 Å². The zero-order valence-corrected chi connectivity index (χ0v) is 7.07. The molecule has 0 aromatic rings. The van der Waals surface area contributed by atoms with Crippen LogP contribution >= 0.6 is 0 Å². The van der Waals surface area contributed by atoms with E-state index < -0.39 is 17.3 Å². The van der Waals surface area contributed by atoms with E-state index in [4.69, 9.17) is 5.53 Å². The Morgan fingerprint density at radius 3 is 2.33 bits per heavy atom. The fourth-order valence-electron chi connectivity index (χ4n) is 0.508. The smallest absolute Gasteiger partial charge is 0.318 e. The normalized spacial score (nSPS) is 9.92. The molecule has 6 nitrogen and oxygen atoms in total. The number of hydrogen-bond donors (Lipinski definition) is 0. The summed E-state index contributed by atoms with van der Waals surface area (Å²) < 4.78 is 4.34. The molecule has 0 aromatic heterocycles. The summed E-state index contributed by atoms with van der Waals surface area (Å²) in [5, 5.41) is 2.81. The third-order valence-corrected chi connectivity index (χ3v) is 1.37. The minimum Gasteiger partial charge on any atom is -0.468 e. The summed E-state index contributed by atoms with van der Waals surface area (Å²) in [6.45, 7) is 2.66. The van der Waals surface area contributed by atoms with Gasteiger partial charge in [0.15, 0.2) is 0 Å². The molecule has 0 saturated carbocycles. The van der Waals surface area contributed by atoms with Crippen LogP contribution in [0.25, 0.3) is 10.4 Å². The van der Waals surface area contributed by atoms with Crippen molar-refractivity contribution in [2.75, 3.05) is 7.11 Å². The molecule has 0 aromatic carbocycles. The average Bonchev–Trinajstić information content (AvgIpc) is 2.03. The van der Waals surface area contributed by atoms with Crippen molar-refractivity contribution in [3.8, 4) is 0 Å². The van der Waals surface area contributed by atoms with Gasteiger partial charge in [-0.15, -0.1) is 0 Å². The number of ether oxygens (including phenoxy) is 1. The van der Waals surface area contributed by atoms with Crippen LogP contribution in [0.3, 0.4) is 0 Å². The molecule has 0 rings (SSSR count).